The van der Waals surface area contributed by atoms with Gasteiger partial charge in [-0.1, -0.05) is 0 Å². The van der Waals surface area contributed by atoms with Crippen molar-refractivity contribution >= 4 is 23.2 Å². The Hall–Kier alpha value is -3.77. The van der Waals surface area contributed by atoms with Crippen LogP contribution in [-0.2, 0) is 4.74 Å². The van der Waals surface area contributed by atoms with Gasteiger partial charge in [-0.05, 0) is 44.2 Å². The molecule has 1 aromatic heterocycles. The third-order valence-corrected chi connectivity index (χ3v) is 7.01. The van der Waals surface area contributed by atoms with Crippen molar-refractivity contribution in [1.29, 1.82) is 0 Å². The number of carbonyl (C=O) groups excluding carboxylic acids is 1. The first-order valence-electron chi connectivity index (χ1n) is 13.1. The van der Waals surface area contributed by atoms with Gasteiger partial charge in [-0.3, -0.25) is 4.79 Å². The maximum Gasteiger partial charge on any atom is 0.264 e. The Labute approximate surface area is 229 Å². The van der Waals surface area contributed by atoms with Crippen molar-refractivity contribution in [2.24, 2.45) is 0 Å². The predicted octanol–water partition coefficient (Wildman–Crippen LogP) is 4.63. The normalized spacial score (nSPS) is 19.7. The number of amides is 1. The Morgan fingerprint density at radius 3 is 2.55 bits per heavy atom. The second kappa shape index (κ2) is 11.8. The zero-order valence-electron chi connectivity index (χ0n) is 22.1. The van der Waals surface area contributed by atoms with Crippen LogP contribution < -0.4 is 20.4 Å². The Morgan fingerprint density at radius 1 is 1.07 bits per heavy atom. The van der Waals surface area contributed by atoms with E-state index in [-0.39, 0.29) is 29.0 Å². The first-order chi connectivity index (χ1) is 19.2. The number of nitrogens with one attached hydrogen (secondary N) is 2. The minimum atomic E-state index is -3.06. The number of aromatic nitrogens is 2. The van der Waals surface area contributed by atoms with E-state index in [2.05, 4.69) is 20.6 Å². The number of alkyl halides is 2. The molecule has 5 rings (SSSR count). The maximum absolute atomic E-state index is 15.6. The van der Waals surface area contributed by atoms with Crippen LogP contribution in [0.15, 0.2) is 42.7 Å². The Morgan fingerprint density at radius 2 is 1.85 bits per heavy atom. The lowest BCUT2D eigenvalue weighted by Crippen LogP contribution is -2.49. The van der Waals surface area contributed by atoms with E-state index >= 15 is 4.39 Å². The van der Waals surface area contributed by atoms with E-state index in [4.69, 9.17) is 4.74 Å². The van der Waals surface area contributed by atoms with Gasteiger partial charge in [-0.25, -0.2) is 27.5 Å². The summed E-state index contributed by atoms with van der Waals surface area (Å²) in [6, 6.07) is 5.48. The number of carbonyl (C=O) groups is 1. The molecule has 2 saturated heterocycles. The van der Waals surface area contributed by atoms with Gasteiger partial charge in [0.05, 0.1) is 24.1 Å². The molecule has 40 heavy (non-hydrogen) atoms. The summed E-state index contributed by atoms with van der Waals surface area (Å²) in [7, 11) is 0. The first kappa shape index (κ1) is 27.8. The second-order valence-electron chi connectivity index (χ2n) is 10.0. The van der Waals surface area contributed by atoms with Crippen molar-refractivity contribution in [2.45, 2.75) is 32.4 Å². The molecule has 2 fully saturated rings. The monoisotopic (exact) mass is 558 g/mol. The summed E-state index contributed by atoms with van der Waals surface area (Å²) >= 11 is 0. The highest BCUT2D eigenvalue weighted by Gasteiger charge is 2.25. The highest BCUT2D eigenvalue weighted by molar-refractivity contribution is 6.07. The van der Waals surface area contributed by atoms with Gasteiger partial charge < -0.3 is 25.2 Å². The van der Waals surface area contributed by atoms with Gasteiger partial charge in [-0.2, -0.15) is 0 Å². The van der Waals surface area contributed by atoms with Crippen molar-refractivity contribution in [2.75, 3.05) is 54.4 Å². The summed E-state index contributed by atoms with van der Waals surface area (Å²) in [5.74, 6) is -1.78. The number of piperazine rings is 1. The molecule has 0 spiro atoms. The van der Waals surface area contributed by atoms with Crippen LogP contribution in [0.1, 0.15) is 36.2 Å². The average Bonchev–Trinajstić information content (AvgIpc) is 2.93. The van der Waals surface area contributed by atoms with E-state index in [0.29, 0.717) is 62.6 Å². The van der Waals surface area contributed by atoms with E-state index in [1.165, 1.54) is 24.5 Å². The molecular weight excluding hydrogens is 528 g/mol. The molecule has 1 amide bonds. The van der Waals surface area contributed by atoms with Crippen LogP contribution in [0.3, 0.4) is 0 Å². The molecule has 2 aliphatic rings. The summed E-state index contributed by atoms with van der Waals surface area (Å²) < 4.78 is 62.0. The lowest BCUT2D eigenvalue weighted by atomic mass is 10.0. The molecule has 12 heteroatoms. The molecule has 2 atom stereocenters. The molecule has 212 valence electrons. The number of hydrogen-bond acceptors (Lipinski definition) is 7. The maximum atomic E-state index is 15.6. The summed E-state index contributed by atoms with van der Waals surface area (Å²) in [5.41, 5.74) is 0.0632. The van der Waals surface area contributed by atoms with Crippen molar-refractivity contribution in [3.63, 3.8) is 0 Å². The number of benzene rings is 2. The van der Waals surface area contributed by atoms with Crippen molar-refractivity contribution < 1.29 is 27.1 Å². The van der Waals surface area contributed by atoms with Crippen LogP contribution >= 0.6 is 0 Å². The molecule has 0 aliphatic carbocycles. The van der Waals surface area contributed by atoms with Gasteiger partial charge in [0, 0.05) is 73.4 Å². The fourth-order valence-electron chi connectivity index (χ4n) is 5.03. The smallest absolute Gasteiger partial charge is 0.264 e. The van der Waals surface area contributed by atoms with Gasteiger partial charge >= 0.3 is 0 Å². The molecule has 3 heterocycles. The molecular formula is C28H30F4N6O2. The summed E-state index contributed by atoms with van der Waals surface area (Å²) in [4.78, 5) is 25.9. The van der Waals surface area contributed by atoms with Crippen LogP contribution in [0.5, 0.6) is 0 Å². The summed E-state index contributed by atoms with van der Waals surface area (Å²) in [6.07, 6.45) is -0.00613. The number of nitrogens with zero attached hydrogens (tertiary/aromatic N) is 4. The molecule has 1 unspecified atom stereocenters. The molecule has 2 aromatic carbocycles. The van der Waals surface area contributed by atoms with Crippen LogP contribution in [-0.4, -0.2) is 67.4 Å². The van der Waals surface area contributed by atoms with E-state index in [1.807, 2.05) is 23.6 Å². The van der Waals surface area contributed by atoms with Crippen molar-refractivity contribution in [3.05, 3.63) is 65.5 Å². The van der Waals surface area contributed by atoms with Gasteiger partial charge in [0.25, 0.3) is 12.3 Å². The summed E-state index contributed by atoms with van der Waals surface area (Å²) in [5, 5.41) is 5.98. The van der Waals surface area contributed by atoms with Crippen molar-refractivity contribution in [3.8, 4) is 11.1 Å². The van der Waals surface area contributed by atoms with Gasteiger partial charge in [-0.15, -0.1) is 0 Å². The predicted molar refractivity (Wildman–Crippen MR) is 144 cm³/mol. The fraction of sp³-hybridized carbons (Fsp3) is 0.393. The lowest BCUT2D eigenvalue weighted by molar-refractivity contribution is 0.0526. The van der Waals surface area contributed by atoms with Crippen LogP contribution in [0.25, 0.3) is 11.1 Å². The molecule has 0 bridgehead atoms. The summed E-state index contributed by atoms with van der Waals surface area (Å²) in [6.45, 7) is 7.48. The molecule has 0 saturated carbocycles. The standard InChI is InChI=1S/C28H30F4N6O2/c1-16-14-37(6-5-33-16)25-11-23(30)21(18-12-34-28(35-13-18)38-7-8-40-17(2)15-38)10-24(25)36-27(39)20-4-3-19(29)9-22(20)26(31)32/h3-4,9-13,16-17,26,33H,5-8,14-15H2,1-2H3,(H,36,39)/t16-,17?/m1/s1. The number of anilines is 3. The molecule has 0 radical (unpaired) electrons. The van der Waals surface area contributed by atoms with E-state index in [9.17, 15) is 18.0 Å². The first-order valence-corrected chi connectivity index (χ1v) is 13.1. The zero-order chi connectivity index (χ0) is 28.4. The number of rotatable bonds is 6. The highest BCUT2D eigenvalue weighted by Crippen LogP contribution is 2.36. The molecule has 2 aliphatic heterocycles. The third-order valence-electron chi connectivity index (χ3n) is 7.01. The van der Waals surface area contributed by atoms with Gasteiger partial charge in [0.15, 0.2) is 0 Å². The Balaban J connectivity index is 1.50. The number of morpholine rings is 1. The van der Waals surface area contributed by atoms with Gasteiger partial charge in [0.1, 0.15) is 11.6 Å². The molecule has 3 aromatic rings. The minimum Gasteiger partial charge on any atom is -0.375 e. The van der Waals surface area contributed by atoms with Crippen LogP contribution in [0.2, 0.25) is 0 Å². The molecule has 2 N–H and O–H groups in total. The van der Waals surface area contributed by atoms with Crippen LogP contribution in [0.4, 0.5) is 34.9 Å². The van der Waals surface area contributed by atoms with Gasteiger partial charge in [0.2, 0.25) is 5.95 Å². The third kappa shape index (κ3) is 6.02. The largest absolute Gasteiger partial charge is 0.375 e. The Kier molecular flexibility index (Phi) is 8.17. The molecule has 8 nitrogen and oxygen atoms in total. The fourth-order valence-corrected chi connectivity index (χ4v) is 5.03. The highest BCUT2D eigenvalue weighted by atomic mass is 19.3. The zero-order valence-corrected chi connectivity index (χ0v) is 22.1. The van der Waals surface area contributed by atoms with Crippen molar-refractivity contribution in [1.82, 2.24) is 15.3 Å². The number of ether oxygens (including phenoxy) is 1. The average molecular weight is 559 g/mol. The Bertz CT molecular complexity index is 1370. The van der Waals surface area contributed by atoms with E-state index in [1.54, 1.807) is 0 Å². The quantitative estimate of drug-likeness (QED) is 0.427. The van der Waals surface area contributed by atoms with E-state index in [0.717, 1.165) is 12.1 Å². The number of hydrogen-bond donors (Lipinski definition) is 2. The SMILES string of the molecule is CC1CN(c2ncc(-c3cc(NC(=O)c4ccc(F)cc4C(F)F)c(N4CCN[C@H](C)C4)cc3F)cn2)CCO1. The lowest BCUT2D eigenvalue weighted by Gasteiger charge is -2.35. The number of halogens is 4. The van der Waals surface area contributed by atoms with E-state index < -0.39 is 29.5 Å². The minimum absolute atomic E-state index is 0.0348. The van der Waals surface area contributed by atoms with Crippen LogP contribution in [0, 0.1) is 11.6 Å². The second-order valence-corrected chi connectivity index (χ2v) is 10.0. The topological polar surface area (TPSA) is 82.6 Å².